The number of amides is 1. The van der Waals surface area contributed by atoms with Gasteiger partial charge in [0.2, 0.25) is 5.91 Å². The Morgan fingerprint density at radius 3 is 2.65 bits per heavy atom. The minimum Gasteiger partial charge on any atom is -0.340 e. The molecule has 1 aliphatic rings. The Morgan fingerprint density at radius 1 is 1.17 bits per heavy atom. The molecular weight excluding hydrogens is 292 g/mol. The van der Waals surface area contributed by atoms with E-state index in [0.29, 0.717) is 0 Å². The van der Waals surface area contributed by atoms with E-state index in [9.17, 15) is 4.79 Å². The minimum atomic E-state index is 0.169. The average Bonchev–Trinajstić information content (AvgIpc) is 2.98. The minimum absolute atomic E-state index is 0.169. The molecule has 0 aliphatic carbocycles. The van der Waals surface area contributed by atoms with Crippen LogP contribution in [0, 0.1) is 0 Å². The summed E-state index contributed by atoms with van der Waals surface area (Å²) in [6.07, 6.45) is 5.54. The Bertz CT molecular complexity index is 674. The lowest BCUT2D eigenvalue weighted by atomic mass is 10.2. The van der Waals surface area contributed by atoms with Gasteiger partial charge in [-0.2, -0.15) is 5.10 Å². The Hall–Kier alpha value is -2.02. The lowest BCUT2D eigenvalue weighted by Gasteiger charge is -2.34. The van der Waals surface area contributed by atoms with Crippen molar-refractivity contribution in [2.75, 3.05) is 32.7 Å². The first-order chi connectivity index (χ1) is 11.2. The van der Waals surface area contributed by atoms with Gasteiger partial charge in [-0.25, -0.2) is 14.6 Å². The highest BCUT2D eigenvalue weighted by atomic mass is 16.2. The van der Waals surface area contributed by atoms with E-state index in [2.05, 4.69) is 26.9 Å². The molecule has 2 aromatic heterocycles. The van der Waals surface area contributed by atoms with Gasteiger partial charge >= 0.3 is 0 Å². The molecule has 0 saturated carbocycles. The second kappa shape index (κ2) is 7.04. The number of rotatable bonds is 5. The molecule has 0 radical (unpaired) electrons. The number of fused-ring (bicyclic) bond motifs is 1. The van der Waals surface area contributed by atoms with Crippen LogP contribution in [0.2, 0.25) is 0 Å². The fourth-order valence-electron chi connectivity index (χ4n) is 3.06. The Balaban J connectivity index is 1.62. The summed E-state index contributed by atoms with van der Waals surface area (Å²) in [5.74, 6) is 0.169. The molecule has 7 nitrogen and oxygen atoms in total. The quantitative estimate of drug-likeness (QED) is 0.821. The summed E-state index contributed by atoms with van der Waals surface area (Å²) >= 11 is 0. The maximum absolute atomic E-state index is 11.4. The monoisotopic (exact) mass is 316 g/mol. The van der Waals surface area contributed by atoms with Gasteiger partial charge in [-0.1, -0.05) is 13.3 Å². The third-order valence-corrected chi connectivity index (χ3v) is 4.45. The van der Waals surface area contributed by atoms with E-state index < -0.39 is 0 Å². The zero-order valence-electron chi connectivity index (χ0n) is 13.9. The first-order valence-electron chi connectivity index (χ1n) is 8.32. The molecule has 1 amide bonds. The largest absolute Gasteiger partial charge is 0.340 e. The van der Waals surface area contributed by atoms with E-state index in [1.54, 1.807) is 13.3 Å². The smallest absolute Gasteiger partial charge is 0.219 e. The number of nitrogens with zero attached hydrogens (tertiary/aromatic N) is 6. The predicted molar refractivity (Wildman–Crippen MR) is 88.0 cm³/mol. The van der Waals surface area contributed by atoms with Gasteiger partial charge in [0.05, 0.1) is 23.8 Å². The number of piperazine rings is 1. The van der Waals surface area contributed by atoms with E-state index in [4.69, 9.17) is 0 Å². The van der Waals surface area contributed by atoms with Crippen LogP contribution in [0.15, 0.2) is 12.5 Å². The van der Waals surface area contributed by atoms with Gasteiger partial charge in [-0.05, 0) is 6.42 Å². The van der Waals surface area contributed by atoms with E-state index in [0.717, 1.165) is 68.8 Å². The summed E-state index contributed by atoms with van der Waals surface area (Å²) < 4.78 is 1.97. The number of carbonyl (C=O) groups is 1. The van der Waals surface area contributed by atoms with Gasteiger partial charge in [0.15, 0.2) is 5.65 Å². The maximum atomic E-state index is 11.4. The predicted octanol–water partition coefficient (Wildman–Crippen LogP) is 0.943. The molecular formula is C16H24N6O. The van der Waals surface area contributed by atoms with Crippen molar-refractivity contribution in [2.24, 2.45) is 0 Å². The maximum Gasteiger partial charge on any atom is 0.219 e. The normalized spacial score (nSPS) is 16.2. The number of hydrogen-bond acceptors (Lipinski definition) is 5. The number of aromatic nitrogens is 4. The number of carbonyl (C=O) groups excluding carboxylic acids is 1. The van der Waals surface area contributed by atoms with E-state index >= 15 is 0 Å². The molecule has 1 saturated heterocycles. The molecule has 1 fully saturated rings. The van der Waals surface area contributed by atoms with Gasteiger partial charge in [-0.15, -0.1) is 0 Å². The molecule has 0 bridgehead atoms. The Morgan fingerprint density at radius 2 is 1.96 bits per heavy atom. The molecule has 1 aliphatic heterocycles. The van der Waals surface area contributed by atoms with Crippen molar-refractivity contribution in [3.05, 3.63) is 18.2 Å². The first-order valence-corrected chi connectivity index (χ1v) is 8.32. The molecule has 0 spiro atoms. The summed E-state index contributed by atoms with van der Waals surface area (Å²) in [7, 11) is 0. The molecule has 0 unspecified atom stereocenters. The molecule has 124 valence electrons. The lowest BCUT2D eigenvalue weighted by Crippen LogP contribution is -2.48. The molecule has 0 atom stereocenters. The molecule has 0 N–H and O–H groups in total. The molecule has 2 aromatic rings. The highest BCUT2D eigenvalue weighted by molar-refractivity contribution is 5.76. The van der Waals surface area contributed by atoms with Crippen molar-refractivity contribution in [2.45, 2.75) is 33.2 Å². The van der Waals surface area contributed by atoms with Crippen LogP contribution in [-0.4, -0.2) is 68.2 Å². The molecule has 23 heavy (non-hydrogen) atoms. The second-order valence-electron chi connectivity index (χ2n) is 6.02. The fraction of sp³-hybridized carbons (Fsp3) is 0.625. The summed E-state index contributed by atoms with van der Waals surface area (Å²) in [5.41, 5.74) is 2.00. The van der Waals surface area contributed by atoms with Crippen LogP contribution in [-0.2, 0) is 17.8 Å². The average molecular weight is 316 g/mol. The zero-order chi connectivity index (χ0) is 16.2. The molecule has 3 heterocycles. The van der Waals surface area contributed by atoms with Gasteiger partial charge in [0.25, 0.3) is 0 Å². The number of aryl methyl sites for hydroxylation is 1. The second-order valence-corrected chi connectivity index (χ2v) is 6.02. The fourth-order valence-corrected chi connectivity index (χ4v) is 3.06. The Kier molecular flexibility index (Phi) is 4.85. The highest BCUT2D eigenvalue weighted by Gasteiger charge is 2.18. The third-order valence-electron chi connectivity index (χ3n) is 4.45. The van der Waals surface area contributed by atoms with Gasteiger partial charge in [0.1, 0.15) is 6.33 Å². The van der Waals surface area contributed by atoms with Crippen molar-refractivity contribution < 1.29 is 4.79 Å². The zero-order valence-corrected chi connectivity index (χ0v) is 13.9. The van der Waals surface area contributed by atoms with Crippen LogP contribution in [0.4, 0.5) is 0 Å². The topological polar surface area (TPSA) is 67.2 Å². The van der Waals surface area contributed by atoms with Crippen LogP contribution < -0.4 is 0 Å². The van der Waals surface area contributed by atoms with Crippen LogP contribution >= 0.6 is 0 Å². The van der Waals surface area contributed by atoms with Gasteiger partial charge in [0, 0.05) is 39.6 Å². The summed E-state index contributed by atoms with van der Waals surface area (Å²) in [5, 5.41) is 5.55. The standard InChI is InChI=1S/C16H24N6O/c1-3-4-15-14-11-19-22(16(14)18-12-17-15)10-7-20-5-8-21(9-6-20)13(2)23/h11-12H,3-10H2,1-2H3. The van der Waals surface area contributed by atoms with Gasteiger partial charge in [-0.3, -0.25) is 9.69 Å². The van der Waals surface area contributed by atoms with Crippen molar-refractivity contribution in [1.82, 2.24) is 29.5 Å². The van der Waals surface area contributed by atoms with Gasteiger partial charge < -0.3 is 4.90 Å². The third kappa shape index (κ3) is 3.50. The van der Waals surface area contributed by atoms with Crippen LogP contribution in [0.5, 0.6) is 0 Å². The van der Waals surface area contributed by atoms with E-state index in [-0.39, 0.29) is 5.91 Å². The highest BCUT2D eigenvalue weighted by Crippen LogP contribution is 2.15. The summed E-state index contributed by atoms with van der Waals surface area (Å²) in [4.78, 5) is 24.4. The molecule has 0 aromatic carbocycles. The van der Waals surface area contributed by atoms with Crippen LogP contribution in [0.3, 0.4) is 0 Å². The SMILES string of the molecule is CCCc1ncnc2c1cnn2CCN1CCN(C(C)=O)CC1. The van der Waals surface area contributed by atoms with E-state index in [1.807, 2.05) is 15.8 Å². The van der Waals surface area contributed by atoms with Crippen molar-refractivity contribution in [1.29, 1.82) is 0 Å². The van der Waals surface area contributed by atoms with Crippen molar-refractivity contribution in [3.8, 4) is 0 Å². The summed E-state index contributed by atoms with van der Waals surface area (Å²) in [6, 6.07) is 0. The van der Waals surface area contributed by atoms with Crippen LogP contribution in [0.25, 0.3) is 11.0 Å². The summed E-state index contributed by atoms with van der Waals surface area (Å²) in [6.45, 7) is 9.01. The molecule has 7 heteroatoms. The van der Waals surface area contributed by atoms with Crippen molar-refractivity contribution in [3.63, 3.8) is 0 Å². The van der Waals surface area contributed by atoms with Crippen molar-refractivity contribution >= 4 is 16.9 Å². The van der Waals surface area contributed by atoms with E-state index in [1.165, 1.54) is 0 Å². The Labute approximate surface area is 136 Å². The first kappa shape index (κ1) is 15.9. The lowest BCUT2D eigenvalue weighted by molar-refractivity contribution is -0.130. The molecule has 3 rings (SSSR count). The van der Waals surface area contributed by atoms with Crippen LogP contribution in [0.1, 0.15) is 26.0 Å². The number of hydrogen-bond donors (Lipinski definition) is 0.